The number of anilines is 3. The highest BCUT2D eigenvalue weighted by atomic mass is 15.3. The maximum atomic E-state index is 4.70. The summed E-state index contributed by atoms with van der Waals surface area (Å²) in [6, 6.07) is 4.91. The SMILES string of the molecule is CN[C@@H]1[C@@H]2CN(c3nccc(Nc4cc5c(cn4)ncn5C(C)C)n3)C[C@@H]21. The van der Waals surface area contributed by atoms with Crippen LogP contribution in [0, 0.1) is 11.8 Å². The molecule has 2 aliphatic rings. The van der Waals surface area contributed by atoms with E-state index in [9.17, 15) is 0 Å². The highest BCUT2D eigenvalue weighted by Crippen LogP contribution is 2.45. The number of hydrogen-bond acceptors (Lipinski definition) is 7. The topological polar surface area (TPSA) is 83.8 Å². The minimum atomic E-state index is 0.346. The molecule has 1 saturated carbocycles. The van der Waals surface area contributed by atoms with Crippen LogP contribution in [-0.2, 0) is 0 Å². The molecule has 5 rings (SSSR count). The summed E-state index contributed by atoms with van der Waals surface area (Å²) >= 11 is 0. The largest absolute Gasteiger partial charge is 0.340 e. The van der Waals surface area contributed by atoms with Crippen LogP contribution in [-0.4, -0.2) is 50.7 Å². The van der Waals surface area contributed by atoms with E-state index >= 15 is 0 Å². The standard InChI is InChI=1S/C19H24N8/c1-11(2)27-10-23-14-7-22-17(6-15(14)27)24-16-4-5-21-19(25-16)26-8-12-13(9-26)18(12)20-3/h4-7,10-13,18,20H,8-9H2,1-3H3,(H,21,22,24,25)/t12-,13+,18-. The molecule has 3 aromatic heterocycles. The Balaban J connectivity index is 1.35. The Labute approximate surface area is 158 Å². The highest BCUT2D eigenvalue weighted by molar-refractivity contribution is 5.78. The first-order valence-corrected chi connectivity index (χ1v) is 9.49. The molecule has 1 aliphatic heterocycles. The van der Waals surface area contributed by atoms with Crippen molar-refractivity contribution >= 4 is 28.6 Å². The van der Waals surface area contributed by atoms with Gasteiger partial charge in [-0.05, 0) is 38.8 Å². The monoisotopic (exact) mass is 364 g/mol. The fourth-order valence-corrected chi connectivity index (χ4v) is 4.23. The van der Waals surface area contributed by atoms with Gasteiger partial charge in [0.1, 0.15) is 17.2 Å². The number of imidazole rings is 1. The van der Waals surface area contributed by atoms with E-state index in [0.29, 0.717) is 12.1 Å². The second-order valence-electron chi connectivity index (χ2n) is 7.72. The van der Waals surface area contributed by atoms with Gasteiger partial charge in [-0.1, -0.05) is 0 Å². The lowest BCUT2D eigenvalue weighted by atomic mass is 10.3. The van der Waals surface area contributed by atoms with Gasteiger partial charge in [-0.15, -0.1) is 0 Å². The zero-order valence-electron chi connectivity index (χ0n) is 15.8. The van der Waals surface area contributed by atoms with Gasteiger partial charge < -0.3 is 20.1 Å². The first-order chi connectivity index (χ1) is 13.1. The van der Waals surface area contributed by atoms with Gasteiger partial charge in [0, 0.05) is 37.4 Å². The Morgan fingerprint density at radius 1 is 1.11 bits per heavy atom. The average Bonchev–Trinajstić information content (AvgIpc) is 3.00. The van der Waals surface area contributed by atoms with Crippen LogP contribution in [0.2, 0.25) is 0 Å². The predicted octanol–water partition coefficient (Wildman–Crippen LogP) is 2.20. The predicted molar refractivity (Wildman–Crippen MR) is 105 cm³/mol. The van der Waals surface area contributed by atoms with Crippen molar-refractivity contribution in [2.24, 2.45) is 11.8 Å². The smallest absolute Gasteiger partial charge is 0.227 e. The first-order valence-electron chi connectivity index (χ1n) is 9.49. The maximum absolute atomic E-state index is 4.70. The lowest BCUT2D eigenvalue weighted by molar-refractivity contribution is 0.617. The summed E-state index contributed by atoms with van der Waals surface area (Å²) in [5.41, 5.74) is 1.96. The number of nitrogens with one attached hydrogen (secondary N) is 2. The van der Waals surface area contributed by atoms with E-state index < -0.39 is 0 Å². The van der Waals surface area contributed by atoms with Crippen LogP contribution >= 0.6 is 0 Å². The molecule has 8 nitrogen and oxygen atoms in total. The molecule has 2 N–H and O–H groups in total. The average molecular weight is 364 g/mol. The lowest BCUT2D eigenvalue weighted by Gasteiger charge is -2.20. The molecule has 0 aromatic carbocycles. The van der Waals surface area contributed by atoms with Crippen LogP contribution in [0.15, 0.2) is 30.9 Å². The van der Waals surface area contributed by atoms with Crippen molar-refractivity contribution in [2.75, 3.05) is 30.4 Å². The van der Waals surface area contributed by atoms with E-state index in [1.165, 1.54) is 0 Å². The normalized spacial score (nSPS) is 23.9. The molecule has 4 heterocycles. The third-order valence-electron chi connectivity index (χ3n) is 5.73. The molecule has 1 saturated heterocycles. The van der Waals surface area contributed by atoms with Crippen LogP contribution in [0.1, 0.15) is 19.9 Å². The number of aromatic nitrogens is 5. The van der Waals surface area contributed by atoms with E-state index in [2.05, 4.69) is 48.9 Å². The molecule has 0 radical (unpaired) electrons. The van der Waals surface area contributed by atoms with Gasteiger partial charge in [0.15, 0.2) is 0 Å². The molecule has 0 spiro atoms. The fourth-order valence-electron chi connectivity index (χ4n) is 4.23. The van der Waals surface area contributed by atoms with Crippen LogP contribution in [0.5, 0.6) is 0 Å². The van der Waals surface area contributed by atoms with Crippen molar-refractivity contribution in [2.45, 2.75) is 25.9 Å². The lowest BCUT2D eigenvalue weighted by Crippen LogP contribution is -2.30. The van der Waals surface area contributed by atoms with E-state index in [-0.39, 0.29) is 0 Å². The van der Waals surface area contributed by atoms with Gasteiger partial charge in [0.2, 0.25) is 5.95 Å². The highest BCUT2D eigenvalue weighted by Gasteiger charge is 2.55. The van der Waals surface area contributed by atoms with Crippen molar-refractivity contribution < 1.29 is 0 Å². The van der Waals surface area contributed by atoms with Crippen LogP contribution in [0.4, 0.5) is 17.6 Å². The number of hydrogen-bond donors (Lipinski definition) is 2. The molecule has 0 bridgehead atoms. The van der Waals surface area contributed by atoms with Crippen LogP contribution in [0.25, 0.3) is 11.0 Å². The number of fused-ring (bicyclic) bond motifs is 2. The Kier molecular flexibility index (Phi) is 3.75. The molecule has 0 amide bonds. The fraction of sp³-hybridized carbons (Fsp3) is 0.474. The third-order valence-corrected chi connectivity index (χ3v) is 5.73. The molecule has 1 aliphatic carbocycles. The number of rotatable bonds is 5. The van der Waals surface area contributed by atoms with E-state index in [1.54, 1.807) is 12.4 Å². The van der Waals surface area contributed by atoms with Gasteiger partial charge in [-0.2, -0.15) is 4.98 Å². The van der Waals surface area contributed by atoms with Crippen molar-refractivity contribution in [1.82, 2.24) is 29.8 Å². The second kappa shape index (κ2) is 6.16. The van der Waals surface area contributed by atoms with E-state index in [0.717, 1.165) is 53.5 Å². The maximum Gasteiger partial charge on any atom is 0.227 e. The summed E-state index contributed by atoms with van der Waals surface area (Å²) in [7, 11) is 2.05. The molecule has 8 heteroatoms. The van der Waals surface area contributed by atoms with Crippen molar-refractivity contribution in [3.63, 3.8) is 0 Å². The summed E-state index contributed by atoms with van der Waals surface area (Å²) in [4.78, 5) is 20.3. The Hall–Kier alpha value is -2.74. The molecule has 3 atom stereocenters. The summed E-state index contributed by atoms with van der Waals surface area (Å²) in [5, 5.41) is 6.70. The minimum absolute atomic E-state index is 0.346. The zero-order valence-corrected chi connectivity index (χ0v) is 15.8. The van der Waals surface area contributed by atoms with Gasteiger partial charge in [0.25, 0.3) is 0 Å². The minimum Gasteiger partial charge on any atom is -0.340 e. The molecule has 0 unspecified atom stereocenters. The number of pyridine rings is 1. The Morgan fingerprint density at radius 3 is 2.67 bits per heavy atom. The summed E-state index contributed by atoms with van der Waals surface area (Å²) in [6.45, 7) is 6.34. The number of piperidine rings is 1. The van der Waals surface area contributed by atoms with E-state index in [1.807, 2.05) is 25.5 Å². The second-order valence-corrected chi connectivity index (χ2v) is 7.72. The molecule has 3 aromatic rings. The molecular weight excluding hydrogens is 340 g/mol. The number of nitrogens with zero attached hydrogens (tertiary/aromatic N) is 6. The molecule has 2 fully saturated rings. The van der Waals surface area contributed by atoms with E-state index in [4.69, 9.17) is 4.98 Å². The van der Waals surface area contributed by atoms with Crippen LogP contribution < -0.4 is 15.5 Å². The van der Waals surface area contributed by atoms with Gasteiger partial charge in [0.05, 0.1) is 18.0 Å². The summed E-state index contributed by atoms with van der Waals surface area (Å²) in [5.74, 6) is 3.77. The van der Waals surface area contributed by atoms with Gasteiger partial charge in [-0.25, -0.2) is 15.0 Å². The van der Waals surface area contributed by atoms with Gasteiger partial charge >= 0.3 is 0 Å². The summed E-state index contributed by atoms with van der Waals surface area (Å²) < 4.78 is 2.14. The molecule has 27 heavy (non-hydrogen) atoms. The van der Waals surface area contributed by atoms with Crippen molar-refractivity contribution in [3.05, 3.63) is 30.9 Å². The van der Waals surface area contributed by atoms with Gasteiger partial charge in [-0.3, -0.25) is 0 Å². The quantitative estimate of drug-likeness (QED) is 0.718. The summed E-state index contributed by atoms with van der Waals surface area (Å²) in [6.07, 6.45) is 5.46. The Morgan fingerprint density at radius 2 is 1.93 bits per heavy atom. The first kappa shape index (κ1) is 16.4. The van der Waals surface area contributed by atoms with Crippen LogP contribution in [0.3, 0.4) is 0 Å². The zero-order chi connectivity index (χ0) is 18.5. The van der Waals surface area contributed by atoms with Crippen molar-refractivity contribution in [3.8, 4) is 0 Å². The van der Waals surface area contributed by atoms with Crippen molar-refractivity contribution in [1.29, 1.82) is 0 Å². The Bertz CT molecular complexity index is 969. The molecular formula is C19H24N8. The third kappa shape index (κ3) is 2.80. The molecule has 140 valence electrons.